The maximum Gasteiger partial charge on any atom is 0.295 e. The molecule has 1 amide bonds. The molecule has 0 saturated heterocycles. The zero-order valence-corrected chi connectivity index (χ0v) is 17.7. The van der Waals surface area contributed by atoms with Gasteiger partial charge in [0, 0.05) is 5.69 Å². The topological polar surface area (TPSA) is 69.0 Å². The van der Waals surface area contributed by atoms with E-state index in [0.29, 0.717) is 40.3 Å². The van der Waals surface area contributed by atoms with Crippen molar-refractivity contribution in [1.82, 2.24) is 0 Å². The van der Waals surface area contributed by atoms with E-state index in [0.717, 1.165) is 5.56 Å². The first-order valence-corrected chi connectivity index (χ1v) is 10.4. The summed E-state index contributed by atoms with van der Waals surface area (Å²) in [5, 5.41) is 0.445. The van der Waals surface area contributed by atoms with Crippen molar-refractivity contribution < 1.29 is 18.7 Å². The van der Waals surface area contributed by atoms with Crippen molar-refractivity contribution in [1.29, 1.82) is 0 Å². The van der Waals surface area contributed by atoms with Crippen LogP contribution in [0.5, 0.6) is 11.5 Å². The number of hydrogen-bond donors (Lipinski definition) is 0. The Morgan fingerprint density at radius 1 is 0.938 bits per heavy atom. The van der Waals surface area contributed by atoms with Crippen LogP contribution in [0.25, 0.3) is 11.0 Å². The first kappa shape index (κ1) is 19.9. The summed E-state index contributed by atoms with van der Waals surface area (Å²) >= 11 is 0. The van der Waals surface area contributed by atoms with Crippen molar-refractivity contribution in [2.75, 3.05) is 18.6 Å². The standard InChI is InChI=1S/C26H21NO5/c1-3-31-18-13-11-17(12-14-18)27-23(16-7-6-8-19(15-16)30-2)22-24(28)20-9-4-5-10-21(20)32-25(22)26(27)29/h4-15,23H,3H2,1-2H3. The largest absolute Gasteiger partial charge is 0.497 e. The van der Waals surface area contributed by atoms with Gasteiger partial charge in [0.1, 0.15) is 17.1 Å². The van der Waals surface area contributed by atoms with E-state index in [1.165, 1.54) is 0 Å². The van der Waals surface area contributed by atoms with E-state index < -0.39 is 6.04 Å². The fourth-order valence-corrected chi connectivity index (χ4v) is 4.18. The van der Waals surface area contributed by atoms with Crippen molar-refractivity contribution in [3.05, 3.63) is 99.9 Å². The van der Waals surface area contributed by atoms with E-state index in [4.69, 9.17) is 13.9 Å². The molecule has 0 radical (unpaired) electrons. The van der Waals surface area contributed by atoms with Crippen LogP contribution in [-0.2, 0) is 0 Å². The highest BCUT2D eigenvalue weighted by Crippen LogP contribution is 2.42. The van der Waals surface area contributed by atoms with Crippen LogP contribution in [0, 0.1) is 0 Å². The van der Waals surface area contributed by atoms with Crippen molar-refractivity contribution in [3.63, 3.8) is 0 Å². The van der Waals surface area contributed by atoms with Gasteiger partial charge in [-0.3, -0.25) is 14.5 Å². The quantitative estimate of drug-likeness (QED) is 0.451. The lowest BCUT2D eigenvalue weighted by atomic mass is 9.98. The molecule has 6 nitrogen and oxygen atoms in total. The summed E-state index contributed by atoms with van der Waals surface area (Å²) in [6.45, 7) is 2.46. The molecule has 1 unspecified atom stereocenters. The van der Waals surface area contributed by atoms with Crippen LogP contribution in [0.3, 0.4) is 0 Å². The van der Waals surface area contributed by atoms with Gasteiger partial charge in [0.15, 0.2) is 5.43 Å². The monoisotopic (exact) mass is 427 g/mol. The number of carbonyl (C=O) groups is 1. The lowest BCUT2D eigenvalue weighted by Crippen LogP contribution is -2.29. The molecule has 2 heterocycles. The van der Waals surface area contributed by atoms with Crippen LogP contribution in [0.1, 0.15) is 34.6 Å². The number of amides is 1. The molecule has 1 aromatic heterocycles. The number of carbonyl (C=O) groups excluding carboxylic acids is 1. The number of fused-ring (bicyclic) bond motifs is 2. The molecule has 4 aromatic rings. The molecule has 0 spiro atoms. The number of methoxy groups -OCH3 is 1. The fraction of sp³-hybridized carbons (Fsp3) is 0.154. The van der Waals surface area contributed by atoms with Crippen LogP contribution < -0.4 is 19.8 Å². The van der Waals surface area contributed by atoms with Crippen LogP contribution in [0.2, 0.25) is 0 Å². The Labute approximate surface area is 184 Å². The minimum absolute atomic E-state index is 0.0652. The summed E-state index contributed by atoms with van der Waals surface area (Å²) < 4.78 is 16.9. The van der Waals surface area contributed by atoms with Crippen molar-refractivity contribution in [3.8, 4) is 11.5 Å². The highest BCUT2D eigenvalue weighted by molar-refractivity contribution is 6.10. The number of para-hydroxylation sites is 1. The Balaban J connectivity index is 1.74. The highest BCUT2D eigenvalue weighted by atomic mass is 16.5. The number of hydrogen-bond acceptors (Lipinski definition) is 5. The normalized spacial score (nSPS) is 15.1. The second-order valence-electron chi connectivity index (χ2n) is 7.45. The van der Waals surface area contributed by atoms with Crippen LogP contribution in [0.4, 0.5) is 5.69 Å². The Morgan fingerprint density at radius 2 is 1.72 bits per heavy atom. The molecule has 0 N–H and O–H groups in total. The fourth-order valence-electron chi connectivity index (χ4n) is 4.18. The van der Waals surface area contributed by atoms with Crippen molar-refractivity contribution >= 4 is 22.6 Å². The number of benzene rings is 3. The van der Waals surface area contributed by atoms with E-state index in [-0.39, 0.29) is 17.1 Å². The molecule has 0 fully saturated rings. The number of nitrogens with zero attached hydrogens (tertiary/aromatic N) is 1. The van der Waals surface area contributed by atoms with Gasteiger partial charge in [0.25, 0.3) is 5.91 Å². The summed E-state index contributed by atoms with van der Waals surface area (Å²) in [5.41, 5.74) is 1.91. The molecular formula is C26H21NO5. The van der Waals surface area contributed by atoms with Crippen LogP contribution >= 0.6 is 0 Å². The SMILES string of the molecule is CCOc1ccc(N2C(=O)c3oc4ccccc4c(=O)c3C2c2cccc(OC)c2)cc1. The molecule has 1 aliphatic rings. The van der Waals surface area contributed by atoms with Gasteiger partial charge in [-0.25, -0.2) is 0 Å². The van der Waals surface area contributed by atoms with E-state index >= 15 is 0 Å². The van der Waals surface area contributed by atoms with Gasteiger partial charge in [-0.05, 0) is 61.0 Å². The van der Waals surface area contributed by atoms with Gasteiger partial charge in [-0.2, -0.15) is 0 Å². The molecule has 3 aromatic carbocycles. The minimum atomic E-state index is -0.647. The first-order valence-electron chi connectivity index (χ1n) is 10.4. The van der Waals surface area contributed by atoms with E-state index in [1.807, 2.05) is 55.5 Å². The molecule has 1 aliphatic heterocycles. The molecule has 160 valence electrons. The van der Waals surface area contributed by atoms with Crippen LogP contribution in [-0.4, -0.2) is 19.6 Å². The zero-order chi connectivity index (χ0) is 22.2. The number of ether oxygens (including phenoxy) is 2. The lowest BCUT2D eigenvalue weighted by Gasteiger charge is -2.25. The average molecular weight is 427 g/mol. The molecule has 5 rings (SSSR count). The Hall–Kier alpha value is -4.06. The Morgan fingerprint density at radius 3 is 2.47 bits per heavy atom. The zero-order valence-electron chi connectivity index (χ0n) is 17.7. The molecule has 0 bridgehead atoms. The van der Waals surface area contributed by atoms with Gasteiger partial charge >= 0.3 is 0 Å². The molecule has 0 aliphatic carbocycles. The lowest BCUT2D eigenvalue weighted by molar-refractivity contribution is 0.0971. The molecular weight excluding hydrogens is 406 g/mol. The van der Waals surface area contributed by atoms with Crippen LogP contribution in [0.15, 0.2) is 82.0 Å². The average Bonchev–Trinajstić information content (AvgIpc) is 3.12. The van der Waals surface area contributed by atoms with E-state index in [9.17, 15) is 9.59 Å². The predicted molar refractivity (Wildman–Crippen MR) is 122 cm³/mol. The smallest absolute Gasteiger partial charge is 0.295 e. The van der Waals surface area contributed by atoms with Gasteiger partial charge in [-0.15, -0.1) is 0 Å². The molecule has 0 saturated carbocycles. The van der Waals surface area contributed by atoms with E-state index in [1.54, 1.807) is 36.3 Å². The Kier molecular flexibility index (Phi) is 4.90. The summed E-state index contributed by atoms with van der Waals surface area (Å²) in [4.78, 5) is 28.7. The van der Waals surface area contributed by atoms with Gasteiger partial charge < -0.3 is 13.9 Å². The van der Waals surface area contributed by atoms with Crippen molar-refractivity contribution in [2.24, 2.45) is 0 Å². The second kappa shape index (κ2) is 7.89. The van der Waals surface area contributed by atoms with Gasteiger partial charge in [0.05, 0.1) is 30.7 Å². The van der Waals surface area contributed by atoms with Gasteiger partial charge in [-0.1, -0.05) is 24.3 Å². The number of anilines is 1. The summed E-state index contributed by atoms with van der Waals surface area (Å²) in [6, 6.07) is 21.0. The highest BCUT2D eigenvalue weighted by Gasteiger charge is 2.43. The maximum absolute atomic E-state index is 13.6. The summed E-state index contributed by atoms with van der Waals surface area (Å²) in [6.07, 6.45) is 0. The van der Waals surface area contributed by atoms with Crippen molar-refractivity contribution in [2.45, 2.75) is 13.0 Å². The predicted octanol–water partition coefficient (Wildman–Crippen LogP) is 4.95. The van der Waals surface area contributed by atoms with Gasteiger partial charge in [0.2, 0.25) is 5.76 Å². The maximum atomic E-state index is 13.6. The molecule has 6 heteroatoms. The second-order valence-corrected chi connectivity index (χ2v) is 7.45. The van der Waals surface area contributed by atoms with E-state index in [2.05, 4.69) is 0 Å². The third-order valence-corrected chi connectivity index (χ3v) is 5.61. The summed E-state index contributed by atoms with van der Waals surface area (Å²) in [5.74, 6) is 1.05. The third kappa shape index (κ3) is 3.12. The first-order chi connectivity index (χ1) is 15.6. The number of rotatable bonds is 5. The third-order valence-electron chi connectivity index (χ3n) is 5.61. The summed E-state index contributed by atoms with van der Waals surface area (Å²) in [7, 11) is 1.58. The minimum Gasteiger partial charge on any atom is -0.497 e. The molecule has 32 heavy (non-hydrogen) atoms. The molecule has 1 atom stereocenters. The Bertz CT molecular complexity index is 1370.